The van der Waals surface area contributed by atoms with Crippen molar-refractivity contribution >= 4 is 55.9 Å². The van der Waals surface area contributed by atoms with E-state index < -0.39 is 0 Å². The minimum Gasteiger partial charge on any atom is -0.495 e. The highest BCUT2D eigenvalue weighted by Gasteiger charge is 2.14. The van der Waals surface area contributed by atoms with Crippen LogP contribution in [0.1, 0.15) is 15.9 Å². The molecule has 2 aromatic rings. The fraction of sp³-hybridized carbons (Fsp3) is 0.0714. The number of carbonyl (C=O) groups excluding carboxylic acids is 1. The smallest absolute Gasteiger partial charge is 0.194 e. The number of benzene rings is 2. The summed E-state index contributed by atoms with van der Waals surface area (Å²) < 4.78 is 6.90. The molecular weight excluding hydrogens is 442 g/mol. The maximum atomic E-state index is 12.5. The summed E-state index contributed by atoms with van der Waals surface area (Å²) in [5.41, 5.74) is 1.17. The fourth-order valence-electron chi connectivity index (χ4n) is 1.63. The zero-order valence-electron chi connectivity index (χ0n) is 9.91. The van der Waals surface area contributed by atoms with E-state index in [1.807, 2.05) is 18.2 Å². The van der Waals surface area contributed by atoms with Gasteiger partial charge < -0.3 is 4.74 Å². The maximum Gasteiger partial charge on any atom is 0.194 e. The van der Waals surface area contributed by atoms with Crippen LogP contribution in [0.15, 0.2) is 40.9 Å². The van der Waals surface area contributed by atoms with Crippen molar-refractivity contribution in [1.29, 1.82) is 0 Å². The Morgan fingerprint density at radius 2 is 2.00 bits per heavy atom. The van der Waals surface area contributed by atoms with Crippen molar-refractivity contribution in [3.05, 3.63) is 60.6 Å². The molecule has 2 aromatic carbocycles. The lowest BCUT2D eigenvalue weighted by molar-refractivity contribution is 0.103. The molecule has 0 spiro atoms. The molecule has 0 N–H and O–H groups in total. The van der Waals surface area contributed by atoms with Gasteiger partial charge in [0.25, 0.3) is 0 Å². The van der Waals surface area contributed by atoms with Crippen molar-refractivity contribution < 1.29 is 9.53 Å². The van der Waals surface area contributed by atoms with Gasteiger partial charge in [0.2, 0.25) is 0 Å². The van der Waals surface area contributed by atoms with Crippen molar-refractivity contribution in [2.75, 3.05) is 7.11 Å². The topological polar surface area (TPSA) is 26.3 Å². The Kier molecular flexibility index (Phi) is 4.86. The van der Waals surface area contributed by atoms with E-state index in [9.17, 15) is 4.79 Å². The third-order valence-electron chi connectivity index (χ3n) is 2.59. The minimum absolute atomic E-state index is 0.0691. The zero-order valence-corrected chi connectivity index (χ0v) is 14.4. The molecule has 0 bridgehead atoms. The summed E-state index contributed by atoms with van der Waals surface area (Å²) in [5.74, 6) is 0.426. The normalized spacial score (nSPS) is 10.3. The fourth-order valence-corrected chi connectivity index (χ4v) is 2.74. The third kappa shape index (κ3) is 3.30. The average molecular weight is 451 g/mol. The number of hydrogen-bond donors (Lipinski definition) is 0. The number of ether oxygens (including phenoxy) is 1. The van der Waals surface area contributed by atoms with Gasteiger partial charge in [-0.1, -0.05) is 27.5 Å². The first-order chi connectivity index (χ1) is 9.02. The number of rotatable bonds is 3. The minimum atomic E-state index is -0.0691. The Labute approximate surface area is 138 Å². The molecule has 0 aromatic heterocycles. The molecule has 2 nitrogen and oxygen atoms in total. The van der Waals surface area contributed by atoms with Crippen LogP contribution in [0.4, 0.5) is 0 Å². The van der Waals surface area contributed by atoms with Crippen molar-refractivity contribution in [2.45, 2.75) is 0 Å². The second kappa shape index (κ2) is 6.24. The number of ketones is 1. The molecule has 2 rings (SSSR count). The lowest BCUT2D eigenvalue weighted by Gasteiger charge is -2.07. The highest BCUT2D eigenvalue weighted by Crippen LogP contribution is 2.28. The monoisotopic (exact) mass is 450 g/mol. The largest absolute Gasteiger partial charge is 0.495 e. The summed E-state index contributed by atoms with van der Waals surface area (Å²) in [5, 5.41) is 0.487. The number of methoxy groups -OCH3 is 1. The van der Waals surface area contributed by atoms with Crippen molar-refractivity contribution in [2.24, 2.45) is 0 Å². The SMILES string of the molecule is COc1cc(C(=O)c2cc(I)ccc2Br)ccc1Cl. The summed E-state index contributed by atoms with van der Waals surface area (Å²) in [6.45, 7) is 0. The van der Waals surface area contributed by atoms with Gasteiger partial charge in [-0.3, -0.25) is 4.79 Å². The van der Waals surface area contributed by atoms with Gasteiger partial charge in [0.1, 0.15) is 5.75 Å². The van der Waals surface area contributed by atoms with Crippen LogP contribution in [0.25, 0.3) is 0 Å². The predicted molar refractivity (Wildman–Crippen MR) is 88.3 cm³/mol. The Bertz CT molecular complexity index is 643. The first-order valence-corrected chi connectivity index (χ1v) is 7.61. The van der Waals surface area contributed by atoms with Gasteiger partial charge in [0.05, 0.1) is 12.1 Å². The first-order valence-electron chi connectivity index (χ1n) is 5.36. The van der Waals surface area contributed by atoms with E-state index in [2.05, 4.69) is 38.5 Å². The molecular formula is C14H9BrClIO2. The molecule has 0 saturated carbocycles. The Morgan fingerprint density at radius 1 is 1.26 bits per heavy atom. The number of halogens is 3. The molecule has 0 aliphatic carbocycles. The van der Waals surface area contributed by atoms with Gasteiger partial charge in [-0.2, -0.15) is 0 Å². The van der Waals surface area contributed by atoms with E-state index >= 15 is 0 Å². The molecule has 5 heteroatoms. The molecule has 0 heterocycles. The van der Waals surface area contributed by atoms with E-state index in [0.717, 1.165) is 8.04 Å². The Hall–Kier alpha value is -0.590. The maximum absolute atomic E-state index is 12.5. The Balaban J connectivity index is 2.47. The van der Waals surface area contributed by atoms with E-state index in [1.165, 1.54) is 7.11 Å². The van der Waals surface area contributed by atoms with E-state index in [-0.39, 0.29) is 5.78 Å². The summed E-state index contributed by atoms with van der Waals surface area (Å²) >= 11 is 11.5. The van der Waals surface area contributed by atoms with Crippen LogP contribution in [0.5, 0.6) is 5.75 Å². The molecule has 0 unspecified atom stereocenters. The first kappa shape index (κ1) is 14.8. The number of carbonyl (C=O) groups is 1. The molecule has 0 aliphatic rings. The van der Waals surface area contributed by atoms with Crippen LogP contribution < -0.4 is 4.74 Å². The molecule has 0 saturated heterocycles. The standard InChI is InChI=1S/C14H9BrClIO2/c1-19-13-6-8(2-5-12(13)16)14(18)10-7-9(17)3-4-11(10)15/h2-7H,1H3. The van der Waals surface area contributed by atoms with Crippen molar-refractivity contribution in [1.82, 2.24) is 0 Å². The third-order valence-corrected chi connectivity index (χ3v) is 4.26. The van der Waals surface area contributed by atoms with Crippen molar-refractivity contribution in [3.8, 4) is 5.75 Å². The van der Waals surface area contributed by atoms with Gasteiger partial charge in [-0.15, -0.1) is 0 Å². The van der Waals surface area contributed by atoms with E-state index in [0.29, 0.717) is 21.9 Å². The molecule has 0 aliphatic heterocycles. The second-order valence-electron chi connectivity index (χ2n) is 3.80. The summed E-state index contributed by atoms with van der Waals surface area (Å²) in [7, 11) is 1.52. The van der Waals surface area contributed by atoms with Crippen LogP contribution in [0.3, 0.4) is 0 Å². The van der Waals surface area contributed by atoms with Gasteiger partial charge in [-0.25, -0.2) is 0 Å². The quantitative estimate of drug-likeness (QED) is 0.488. The molecule has 0 fully saturated rings. The molecule has 98 valence electrons. The van der Waals surface area contributed by atoms with Gasteiger partial charge in [-0.05, 0) is 59.0 Å². The van der Waals surface area contributed by atoms with Gasteiger partial charge in [0.15, 0.2) is 5.78 Å². The van der Waals surface area contributed by atoms with Crippen molar-refractivity contribution in [3.63, 3.8) is 0 Å². The van der Waals surface area contributed by atoms with Crippen LogP contribution in [0, 0.1) is 3.57 Å². The highest BCUT2D eigenvalue weighted by atomic mass is 127. The molecule has 0 atom stereocenters. The molecule has 19 heavy (non-hydrogen) atoms. The average Bonchev–Trinajstić information content (AvgIpc) is 2.41. The number of hydrogen-bond acceptors (Lipinski definition) is 2. The molecule has 0 radical (unpaired) electrons. The van der Waals surface area contributed by atoms with Gasteiger partial charge >= 0.3 is 0 Å². The van der Waals surface area contributed by atoms with Crippen LogP contribution >= 0.6 is 50.1 Å². The lowest BCUT2D eigenvalue weighted by atomic mass is 10.0. The van der Waals surface area contributed by atoms with Crippen LogP contribution in [-0.4, -0.2) is 12.9 Å². The lowest BCUT2D eigenvalue weighted by Crippen LogP contribution is -2.03. The van der Waals surface area contributed by atoms with E-state index in [1.54, 1.807) is 18.2 Å². The summed E-state index contributed by atoms with van der Waals surface area (Å²) in [4.78, 5) is 12.5. The van der Waals surface area contributed by atoms with Gasteiger partial charge in [0, 0.05) is 19.2 Å². The molecule has 0 amide bonds. The zero-order chi connectivity index (χ0) is 14.0. The predicted octanol–water partition coefficient (Wildman–Crippen LogP) is 4.95. The summed E-state index contributed by atoms with van der Waals surface area (Å²) in [6.07, 6.45) is 0. The van der Waals surface area contributed by atoms with Crippen LogP contribution in [-0.2, 0) is 0 Å². The van der Waals surface area contributed by atoms with Crippen LogP contribution in [0.2, 0.25) is 5.02 Å². The second-order valence-corrected chi connectivity index (χ2v) is 6.31. The Morgan fingerprint density at radius 3 is 2.68 bits per heavy atom. The highest BCUT2D eigenvalue weighted by molar-refractivity contribution is 14.1. The van der Waals surface area contributed by atoms with E-state index in [4.69, 9.17) is 16.3 Å². The summed E-state index contributed by atoms with van der Waals surface area (Å²) in [6, 6.07) is 10.6.